The number of rotatable bonds is 16. The van der Waals surface area contributed by atoms with E-state index in [0.717, 1.165) is 18.4 Å². The van der Waals surface area contributed by atoms with E-state index in [1.807, 2.05) is 27.7 Å². The van der Waals surface area contributed by atoms with Gasteiger partial charge in [-0.05, 0) is 61.8 Å². The number of carbonyl (C=O) groups excluding carboxylic acids is 4. The van der Waals surface area contributed by atoms with Crippen molar-refractivity contribution in [2.24, 2.45) is 23.5 Å². The summed E-state index contributed by atoms with van der Waals surface area (Å²) in [6.45, 7) is 12.0. The van der Waals surface area contributed by atoms with Crippen LogP contribution in [0.1, 0.15) is 79.2 Å². The largest absolute Gasteiger partial charge is 0.461 e. The molecule has 0 radical (unpaired) electrons. The van der Waals surface area contributed by atoms with Gasteiger partial charge in [0.15, 0.2) is 0 Å². The zero-order chi connectivity index (χ0) is 28.0. The maximum absolute atomic E-state index is 13.1. The molecule has 0 saturated heterocycles. The number of hydrogen-bond donors (Lipinski definition) is 4. The summed E-state index contributed by atoms with van der Waals surface area (Å²) < 4.78 is 5.23. The molecule has 0 aliphatic rings. The van der Waals surface area contributed by atoms with Crippen LogP contribution in [-0.2, 0) is 30.5 Å². The lowest BCUT2D eigenvalue weighted by Gasteiger charge is -2.25. The summed E-state index contributed by atoms with van der Waals surface area (Å²) >= 11 is 0. The van der Waals surface area contributed by atoms with Crippen molar-refractivity contribution in [1.82, 2.24) is 10.6 Å². The van der Waals surface area contributed by atoms with Crippen molar-refractivity contribution in [2.75, 3.05) is 11.9 Å². The van der Waals surface area contributed by atoms with Crippen LogP contribution in [0.25, 0.3) is 0 Å². The third-order valence-corrected chi connectivity index (χ3v) is 5.87. The summed E-state index contributed by atoms with van der Waals surface area (Å²) in [7, 11) is 0. The minimum atomic E-state index is -0.778. The van der Waals surface area contributed by atoms with Gasteiger partial charge in [-0.2, -0.15) is 0 Å². The SMILES string of the molecule is CC(C)CCC(=O)NC(C(=O)N[C@@H](CCCCN)C(=O)Nc1ccc(COC(=O)C(C)C)cc1)C(C)C. The highest BCUT2D eigenvalue weighted by Crippen LogP contribution is 2.14. The van der Waals surface area contributed by atoms with Crippen molar-refractivity contribution in [3.63, 3.8) is 0 Å². The molecule has 1 aromatic carbocycles. The summed E-state index contributed by atoms with van der Waals surface area (Å²) in [5.74, 6) is -1.14. The van der Waals surface area contributed by atoms with E-state index in [1.54, 1.807) is 38.1 Å². The summed E-state index contributed by atoms with van der Waals surface area (Å²) in [4.78, 5) is 50.2. The van der Waals surface area contributed by atoms with E-state index >= 15 is 0 Å². The molecule has 0 saturated carbocycles. The van der Waals surface area contributed by atoms with Gasteiger partial charge in [-0.3, -0.25) is 19.2 Å². The molecule has 37 heavy (non-hydrogen) atoms. The Morgan fingerprint density at radius 3 is 2.05 bits per heavy atom. The van der Waals surface area contributed by atoms with Crippen molar-refractivity contribution in [1.29, 1.82) is 0 Å². The van der Waals surface area contributed by atoms with Crippen LogP contribution in [0.5, 0.6) is 0 Å². The molecular formula is C28H46N4O5. The molecule has 0 aliphatic carbocycles. The highest BCUT2D eigenvalue weighted by atomic mass is 16.5. The fourth-order valence-corrected chi connectivity index (χ4v) is 3.46. The number of nitrogens with two attached hydrogens (primary N) is 1. The van der Waals surface area contributed by atoms with Gasteiger partial charge in [0.05, 0.1) is 5.92 Å². The summed E-state index contributed by atoms with van der Waals surface area (Å²) in [5, 5.41) is 8.51. The highest BCUT2D eigenvalue weighted by Gasteiger charge is 2.28. The third kappa shape index (κ3) is 12.7. The van der Waals surface area contributed by atoms with E-state index in [4.69, 9.17) is 10.5 Å². The Labute approximate surface area is 221 Å². The molecule has 0 spiro atoms. The second-order valence-corrected chi connectivity index (χ2v) is 10.5. The molecule has 0 aliphatic heterocycles. The second-order valence-electron chi connectivity index (χ2n) is 10.5. The molecule has 2 atom stereocenters. The fourth-order valence-electron chi connectivity index (χ4n) is 3.46. The van der Waals surface area contributed by atoms with Crippen molar-refractivity contribution in [3.8, 4) is 0 Å². The number of nitrogens with one attached hydrogen (secondary N) is 3. The second kappa shape index (κ2) is 16.7. The molecule has 1 unspecified atom stereocenters. The Kier molecular flexibility index (Phi) is 14.5. The monoisotopic (exact) mass is 518 g/mol. The zero-order valence-electron chi connectivity index (χ0n) is 23.3. The quantitative estimate of drug-likeness (QED) is 0.195. The van der Waals surface area contributed by atoms with Crippen LogP contribution in [0.3, 0.4) is 0 Å². The van der Waals surface area contributed by atoms with Crippen LogP contribution >= 0.6 is 0 Å². The molecular weight excluding hydrogens is 472 g/mol. The Morgan fingerprint density at radius 1 is 0.865 bits per heavy atom. The minimum Gasteiger partial charge on any atom is -0.461 e. The van der Waals surface area contributed by atoms with E-state index in [1.165, 1.54) is 0 Å². The molecule has 1 rings (SSSR count). The van der Waals surface area contributed by atoms with E-state index in [2.05, 4.69) is 16.0 Å². The zero-order valence-corrected chi connectivity index (χ0v) is 23.3. The Morgan fingerprint density at radius 2 is 1.51 bits per heavy atom. The Balaban J connectivity index is 2.84. The highest BCUT2D eigenvalue weighted by molar-refractivity contribution is 5.98. The Bertz CT molecular complexity index is 868. The number of amides is 3. The predicted octanol–water partition coefficient (Wildman–Crippen LogP) is 3.52. The number of anilines is 1. The minimum absolute atomic E-state index is 0.145. The molecule has 9 nitrogen and oxygen atoms in total. The molecule has 1 aromatic rings. The van der Waals surface area contributed by atoms with E-state index in [0.29, 0.717) is 37.4 Å². The molecule has 9 heteroatoms. The van der Waals surface area contributed by atoms with Gasteiger partial charge in [0, 0.05) is 12.1 Å². The number of esters is 1. The van der Waals surface area contributed by atoms with Crippen LogP contribution in [0.4, 0.5) is 5.69 Å². The lowest BCUT2D eigenvalue weighted by Crippen LogP contribution is -2.54. The van der Waals surface area contributed by atoms with E-state index < -0.39 is 12.1 Å². The van der Waals surface area contributed by atoms with Crippen LogP contribution in [0.2, 0.25) is 0 Å². The number of hydrogen-bond acceptors (Lipinski definition) is 6. The first-order valence-electron chi connectivity index (χ1n) is 13.3. The van der Waals surface area contributed by atoms with Gasteiger partial charge < -0.3 is 26.4 Å². The lowest BCUT2D eigenvalue weighted by atomic mass is 10.0. The first-order chi connectivity index (χ1) is 17.4. The van der Waals surface area contributed by atoms with Gasteiger partial charge in [-0.15, -0.1) is 0 Å². The van der Waals surface area contributed by atoms with Crippen LogP contribution in [0, 0.1) is 17.8 Å². The van der Waals surface area contributed by atoms with Gasteiger partial charge in [0.1, 0.15) is 18.7 Å². The maximum atomic E-state index is 13.1. The molecule has 0 heterocycles. The molecule has 0 fully saturated rings. The molecule has 3 amide bonds. The fraction of sp³-hybridized carbons (Fsp3) is 0.643. The molecule has 0 bridgehead atoms. The van der Waals surface area contributed by atoms with Gasteiger partial charge in [-0.25, -0.2) is 0 Å². The van der Waals surface area contributed by atoms with Gasteiger partial charge >= 0.3 is 5.97 Å². The molecule has 5 N–H and O–H groups in total. The maximum Gasteiger partial charge on any atom is 0.308 e. The van der Waals surface area contributed by atoms with Crippen LogP contribution in [-0.4, -0.2) is 42.3 Å². The number of ether oxygens (including phenoxy) is 1. The summed E-state index contributed by atoms with van der Waals surface area (Å²) in [6, 6.07) is 5.47. The Hall–Kier alpha value is -2.94. The number of benzene rings is 1. The summed E-state index contributed by atoms with van der Waals surface area (Å²) in [6.07, 6.45) is 2.90. The molecule has 208 valence electrons. The number of unbranched alkanes of at least 4 members (excludes halogenated alkanes) is 1. The normalized spacial score (nSPS) is 12.8. The average molecular weight is 519 g/mol. The first kappa shape index (κ1) is 32.1. The van der Waals surface area contributed by atoms with Crippen molar-refractivity contribution in [3.05, 3.63) is 29.8 Å². The lowest BCUT2D eigenvalue weighted by molar-refractivity contribution is -0.148. The molecule has 0 aromatic heterocycles. The smallest absolute Gasteiger partial charge is 0.308 e. The topological polar surface area (TPSA) is 140 Å². The van der Waals surface area contributed by atoms with Crippen LogP contribution < -0.4 is 21.7 Å². The third-order valence-electron chi connectivity index (χ3n) is 5.87. The van der Waals surface area contributed by atoms with Crippen molar-refractivity contribution < 1.29 is 23.9 Å². The van der Waals surface area contributed by atoms with Crippen LogP contribution in [0.15, 0.2) is 24.3 Å². The van der Waals surface area contributed by atoms with E-state index in [9.17, 15) is 19.2 Å². The van der Waals surface area contributed by atoms with Crippen molar-refractivity contribution >= 4 is 29.4 Å². The number of carbonyl (C=O) groups is 4. The summed E-state index contributed by atoms with van der Waals surface area (Å²) in [5.41, 5.74) is 6.97. The van der Waals surface area contributed by atoms with Gasteiger partial charge in [-0.1, -0.05) is 53.7 Å². The van der Waals surface area contributed by atoms with Gasteiger partial charge in [0.25, 0.3) is 0 Å². The average Bonchev–Trinajstić information content (AvgIpc) is 2.84. The standard InChI is InChI=1S/C28H46N4O5/c1-18(2)10-15-24(33)32-25(19(3)4)27(35)31-23(9-7-8-16-29)26(34)30-22-13-11-21(12-14-22)17-37-28(36)20(5)6/h11-14,18-20,23,25H,7-10,15-17,29H2,1-6H3,(H,30,34)(H,31,35)(H,32,33)/t23-,25?/m0/s1. The first-order valence-corrected chi connectivity index (χ1v) is 13.3. The van der Waals surface area contributed by atoms with Crippen molar-refractivity contribution in [2.45, 2.75) is 92.3 Å². The van der Waals surface area contributed by atoms with Gasteiger partial charge in [0.2, 0.25) is 17.7 Å². The predicted molar refractivity (Wildman–Crippen MR) is 145 cm³/mol. The van der Waals surface area contributed by atoms with E-state index in [-0.39, 0.29) is 42.1 Å².